The third-order valence-electron chi connectivity index (χ3n) is 4.10. The fourth-order valence-electron chi connectivity index (χ4n) is 2.74. The number of piperidine rings is 1. The van der Waals surface area contributed by atoms with Gasteiger partial charge in [-0.3, -0.25) is 9.69 Å². The van der Waals surface area contributed by atoms with Crippen LogP contribution in [0.2, 0.25) is 0 Å². The number of likely N-dealkylation sites (tertiary alicyclic amines) is 1. The lowest BCUT2D eigenvalue weighted by atomic mass is 10.0. The first-order valence-electron chi connectivity index (χ1n) is 8.04. The number of rotatable bonds is 6. The van der Waals surface area contributed by atoms with E-state index < -0.39 is 0 Å². The van der Waals surface area contributed by atoms with E-state index in [9.17, 15) is 9.18 Å². The Labute approximate surface area is 156 Å². The van der Waals surface area contributed by atoms with Gasteiger partial charge < -0.3 is 11.1 Å². The van der Waals surface area contributed by atoms with Crippen molar-refractivity contribution in [3.8, 4) is 0 Å². The van der Waals surface area contributed by atoms with Gasteiger partial charge in [0.05, 0.1) is 0 Å². The van der Waals surface area contributed by atoms with Crippen LogP contribution in [0.3, 0.4) is 0 Å². The minimum absolute atomic E-state index is 0. The highest BCUT2D eigenvalue weighted by atomic mass is 35.5. The Hall–Kier alpha value is -0.880. The van der Waals surface area contributed by atoms with Crippen molar-refractivity contribution in [3.05, 3.63) is 35.6 Å². The highest BCUT2D eigenvalue weighted by molar-refractivity contribution is 5.85. The molecule has 4 nitrogen and oxygen atoms in total. The van der Waals surface area contributed by atoms with Gasteiger partial charge in [-0.1, -0.05) is 12.1 Å². The Morgan fingerprint density at radius 2 is 1.88 bits per heavy atom. The van der Waals surface area contributed by atoms with Crippen molar-refractivity contribution in [2.24, 2.45) is 5.73 Å². The van der Waals surface area contributed by atoms with Gasteiger partial charge in [-0.2, -0.15) is 0 Å². The fraction of sp³-hybridized carbons (Fsp3) is 0.588. The van der Waals surface area contributed by atoms with Crippen LogP contribution in [-0.4, -0.2) is 36.0 Å². The first-order valence-corrected chi connectivity index (χ1v) is 8.04. The van der Waals surface area contributed by atoms with Gasteiger partial charge in [0.2, 0.25) is 5.91 Å². The van der Waals surface area contributed by atoms with Crippen LogP contribution in [0.25, 0.3) is 0 Å². The van der Waals surface area contributed by atoms with Gasteiger partial charge in [-0.25, -0.2) is 4.39 Å². The molecule has 1 aromatic carbocycles. The van der Waals surface area contributed by atoms with E-state index in [2.05, 4.69) is 10.2 Å². The van der Waals surface area contributed by atoms with E-state index in [4.69, 9.17) is 5.73 Å². The number of amides is 1. The van der Waals surface area contributed by atoms with Gasteiger partial charge in [-0.05, 0) is 43.9 Å². The summed E-state index contributed by atoms with van der Waals surface area (Å²) in [5.74, 6) is -0.0914. The zero-order valence-electron chi connectivity index (χ0n) is 14.0. The molecule has 0 aliphatic carbocycles. The number of nitrogens with one attached hydrogen (secondary N) is 1. The number of carbonyl (C=O) groups excluding carboxylic acids is 1. The highest BCUT2D eigenvalue weighted by Gasteiger charge is 2.20. The number of nitrogens with zero attached hydrogens (tertiary/aromatic N) is 1. The standard InChI is InChI=1S/C17H26FN3O.2ClH/c1-13(19)2-7-17(22)20-16-8-10-21(11-9-16)12-14-3-5-15(18)6-4-14;;/h3-6,13,16H,2,7-12,19H2,1H3,(H,20,22);2*1H. The molecule has 0 radical (unpaired) electrons. The van der Waals surface area contributed by atoms with Gasteiger partial charge in [0, 0.05) is 38.1 Å². The Bertz CT molecular complexity index is 477. The molecule has 0 aromatic heterocycles. The Morgan fingerprint density at radius 1 is 1.29 bits per heavy atom. The maximum Gasteiger partial charge on any atom is 0.220 e. The predicted octanol–water partition coefficient (Wildman–Crippen LogP) is 2.88. The maximum absolute atomic E-state index is 12.9. The number of hydrogen-bond acceptors (Lipinski definition) is 3. The summed E-state index contributed by atoms with van der Waals surface area (Å²) in [6.07, 6.45) is 3.17. The molecule has 1 unspecified atom stereocenters. The van der Waals surface area contributed by atoms with E-state index in [1.54, 1.807) is 0 Å². The quantitative estimate of drug-likeness (QED) is 0.798. The van der Waals surface area contributed by atoms with Gasteiger partial charge in [0.1, 0.15) is 5.82 Å². The topological polar surface area (TPSA) is 58.4 Å². The molecule has 1 amide bonds. The Morgan fingerprint density at radius 3 is 2.42 bits per heavy atom. The van der Waals surface area contributed by atoms with Crippen LogP contribution in [0.15, 0.2) is 24.3 Å². The van der Waals surface area contributed by atoms with Crippen molar-refractivity contribution >= 4 is 30.7 Å². The molecule has 1 saturated heterocycles. The maximum atomic E-state index is 12.9. The number of benzene rings is 1. The van der Waals surface area contributed by atoms with Gasteiger partial charge in [-0.15, -0.1) is 24.8 Å². The van der Waals surface area contributed by atoms with Crippen LogP contribution < -0.4 is 11.1 Å². The van der Waals surface area contributed by atoms with Crippen LogP contribution in [0.4, 0.5) is 4.39 Å². The Kier molecular flexibility index (Phi) is 11.2. The Balaban J connectivity index is 0.00000264. The molecule has 3 N–H and O–H groups in total. The van der Waals surface area contributed by atoms with Crippen LogP contribution in [0, 0.1) is 5.82 Å². The van der Waals surface area contributed by atoms with E-state index in [1.165, 1.54) is 12.1 Å². The minimum Gasteiger partial charge on any atom is -0.353 e. The molecular formula is C17H28Cl2FN3O. The summed E-state index contributed by atoms with van der Waals surface area (Å²) in [6.45, 7) is 4.66. The molecule has 2 rings (SSSR count). The molecule has 0 spiro atoms. The monoisotopic (exact) mass is 379 g/mol. The van der Waals surface area contributed by atoms with E-state index in [0.29, 0.717) is 6.42 Å². The van der Waals surface area contributed by atoms with Crippen molar-refractivity contribution in [3.63, 3.8) is 0 Å². The van der Waals surface area contributed by atoms with Crippen molar-refractivity contribution < 1.29 is 9.18 Å². The molecule has 1 fully saturated rings. The second kappa shape index (κ2) is 11.6. The fourth-order valence-corrected chi connectivity index (χ4v) is 2.74. The minimum atomic E-state index is -0.197. The molecular weight excluding hydrogens is 352 g/mol. The molecule has 0 saturated carbocycles. The molecule has 1 aliphatic rings. The van der Waals surface area contributed by atoms with Crippen molar-refractivity contribution in [1.82, 2.24) is 10.2 Å². The highest BCUT2D eigenvalue weighted by Crippen LogP contribution is 2.14. The molecule has 24 heavy (non-hydrogen) atoms. The number of hydrogen-bond donors (Lipinski definition) is 2. The first kappa shape index (κ1) is 23.1. The van der Waals surface area contributed by atoms with Gasteiger partial charge in [0.15, 0.2) is 0 Å². The van der Waals surface area contributed by atoms with Gasteiger partial charge >= 0.3 is 0 Å². The van der Waals surface area contributed by atoms with E-state index in [0.717, 1.165) is 44.5 Å². The van der Waals surface area contributed by atoms with Crippen molar-refractivity contribution in [1.29, 1.82) is 0 Å². The van der Waals surface area contributed by atoms with Crippen molar-refractivity contribution in [2.45, 2.75) is 51.2 Å². The summed E-state index contributed by atoms with van der Waals surface area (Å²) in [4.78, 5) is 14.1. The van der Waals surface area contributed by atoms with Crippen LogP contribution in [0.5, 0.6) is 0 Å². The van der Waals surface area contributed by atoms with Gasteiger partial charge in [0.25, 0.3) is 0 Å². The lowest BCUT2D eigenvalue weighted by molar-refractivity contribution is -0.122. The van der Waals surface area contributed by atoms with Crippen molar-refractivity contribution in [2.75, 3.05) is 13.1 Å². The SMILES string of the molecule is CC(N)CCC(=O)NC1CCN(Cc2ccc(F)cc2)CC1.Cl.Cl. The van der Waals surface area contributed by atoms with Crippen LogP contribution in [-0.2, 0) is 11.3 Å². The summed E-state index contributed by atoms with van der Waals surface area (Å²) in [5, 5.41) is 3.10. The lowest BCUT2D eigenvalue weighted by Crippen LogP contribution is -2.44. The molecule has 138 valence electrons. The van der Waals surface area contributed by atoms with E-state index in [1.807, 2.05) is 19.1 Å². The molecule has 1 aromatic rings. The summed E-state index contributed by atoms with van der Waals surface area (Å²) in [7, 11) is 0. The number of nitrogens with two attached hydrogens (primary N) is 1. The first-order chi connectivity index (χ1) is 10.5. The third-order valence-corrected chi connectivity index (χ3v) is 4.10. The summed E-state index contributed by atoms with van der Waals surface area (Å²) in [5.41, 5.74) is 6.79. The summed E-state index contributed by atoms with van der Waals surface area (Å²) >= 11 is 0. The zero-order valence-corrected chi connectivity index (χ0v) is 15.7. The third kappa shape index (κ3) is 8.29. The molecule has 1 heterocycles. The average molecular weight is 380 g/mol. The summed E-state index contributed by atoms with van der Waals surface area (Å²) < 4.78 is 12.9. The van der Waals surface area contributed by atoms with Crippen LogP contribution in [0.1, 0.15) is 38.2 Å². The average Bonchev–Trinajstić information content (AvgIpc) is 2.49. The summed E-state index contributed by atoms with van der Waals surface area (Å²) in [6, 6.07) is 7.00. The lowest BCUT2D eigenvalue weighted by Gasteiger charge is -2.32. The van der Waals surface area contributed by atoms with E-state index >= 15 is 0 Å². The molecule has 0 bridgehead atoms. The second-order valence-electron chi connectivity index (χ2n) is 6.26. The largest absolute Gasteiger partial charge is 0.353 e. The number of halogens is 3. The predicted molar refractivity (Wildman–Crippen MR) is 100 cm³/mol. The zero-order chi connectivity index (χ0) is 15.9. The molecule has 1 atom stereocenters. The van der Waals surface area contributed by atoms with Crippen LogP contribution >= 0.6 is 24.8 Å². The molecule has 1 aliphatic heterocycles. The van der Waals surface area contributed by atoms with E-state index in [-0.39, 0.29) is 48.6 Å². The smallest absolute Gasteiger partial charge is 0.220 e. The number of carbonyl (C=O) groups is 1. The second-order valence-corrected chi connectivity index (χ2v) is 6.26. The normalized spacial score (nSPS) is 16.6. The molecule has 7 heteroatoms.